The molecule has 1 aromatic carbocycles. The Labute approximate surface area is 137 Å². The molecular weight excluding hydrogens is 318 g/mol. The maximum atomic E-state index is 12.2. The van der Waals surface area contributed by atoms with Crippen molar-refractivity contribution in [3.05, 3.63) is 51.1 Å². The Bertz CT molecular complexity index is 822. The van der Waals surface area contributed by atoms with Crippen molar-refractivity contribution in [2.45, 2.75) is 26.3 Å². The van der Waals surface area contributed by atoms with E-state index in [1.165, 1.54) is 0 Å². The van der Waals surface area contributed by atoms with Crippen LogP contribution in [-0.4, -0.2) is 15.9 Å². The van der Waals surface area contributed by atoms with E-state index in [4.69, 9.17) is 11.6 Å². The maximum absolute atomic E-state index is 12.2. The average Bonchev–Trinajstić information content (AvgIpc) is 3.10. The van der Waals surface area contributed by atoms with Gasteiger partial charge in [-0.2, -0.15) is 0 Å². The van der Waals surface area contributed by atoms with E-state index in [9.17, 15) is 4.79 Å². The van der Waals surface area contributed by atoms with Gasteiger partial charge in [0.25, 0.3) is 5.91 Å². The molecule has 2 N–H and O–H groups in total. The van der Waals surface area contributed by atoms with Gasteiger partial charge < -0.3 is 10.3 Å². The summed E-state index contributed by atoms with van der Waals surface area (Å²) in [6, 6.07) is 7.33. The van der Waals surface area contributed by atoms with Crippen molar-refractivity contribution in [2.24, 2.45) is 0 Å². The number of fused-ring (bicyclic) bond motifs is 1. The van der Waals surface area contributed by atoms with Gasteiger partial charge in [-0.3, -0.25) is 4.79 Å². The SMILES string of the molecule is CC(C)c1nc(CNC(=O)c2cc3ccc(Cl)cc3[nH]2)cs1. The summed E-state index contributed by atoms with van der Waals surface area (Å²) in [6.45, 7) is 4.64. The van der Waals surface area contributed by atoms with E-state index in [-0.39, 0.29) is 5.91 Å². The fraction of sp³-hybridized carbons (Fsp3) is 0.250. The third-order valence-corrected chi connectivity index (χ3v) is 4.75. The van der Waals surface area contributed by atoms with E-state index in [2.05, 4.69) is 29.1 Å². The van der Waals surface area contributed by atoms with E-state index in [1.54, 1.807) is 11.3 Å². The van der Waals surface area contributed by atoms with Gasteiger partial charge in [-0.25, -0.2) is 4.98 Å². The first kappa shape index (κ1) is 15.1. The third-order valence-electron chi connectivity index (χ3n) is 3.32. The molecule has 0 saturated heterocycles. The molecule has 6 heteroatoms. The fourth-order valence-electron chi connectivity index (χ4n) is 2.16. The molecule has 0 saturated carbocycles. The number of nitrogens with zero attached hydrogens (tertiary/aromatic N) is 1. The highest BCUT2D eigenvalue weighted by molar-refractivity contribution is 7.09. The van der Waals surface area contributed by atoms with Gasteiger partial charge in [0, 0.05) is 27.2 Å². The van der Waals surface area contributed by atoms with Crippen LogP contribution in [0, 0.1) is 0 Å². The van der Waals surface area contributed by atoms with E-state index in [0.717, 1.165) is 21.6 Å². The van der Waals surface area contributed by atoms with Crippen LogP contribution in [0.2, 0.25) is 5.02 Å². The molecule has 4 nitrogen and oxygen atoms in total. The van der Waals surface area contributed by atoms with Crippen LogP contribution in [0.25, 0.3) is 10.9 Å². The molecule has 0 unspecified atom stereocenters. The minimum Gasteiger partial charge on any atom is -0.350 e. The number of amides is 1. The topological polar surface area (TPSA) is 57.8 Å². The zero-order valence-corrected chi connectivity index (χ0v) is 13.9. The number of H-pyrrole nitrogens is 1. The summed E-state index contributed by atoms with van der Waals surface area (Å²) in [6.07, 6.45) is 0. The van der Waals surface area contributed by atoms with Gasteiger partial charge in [0.1, 0.15) is 5.69 Å². The molecule has 0 fully saturated rings. The summed E-state index contributed by atoms with van der Waals surface area (Å²) >= 11 is 7.57. The van der Waals surface area contributed by atoms with Crippen LogP contribution in [0.1, 0.15) is 41.0 Å². The Hall–Kier alpha value is -1.85. The smallest absolute Gasteiger partial charge is 0.268 e. The van der Waals surface area contributed by atoms with Crippen LogP contribution in [0.4, 0.5) is 0 Å². The van der Waals surface area contributed by atoms with E-state index in [1.807, 2.05) is 29.6 Å². The second kappa shape index (κ2) is 6.10. The third kappa shape index (κ3) is 3.15. The number of nitrogens with one attached hydrogen (secondary N) is 2. The number of halogens is 1. The van der Waals surface area contributed by atoms with Crippen molar-refractivity contribution in [1.82, 2.24) is 15.3 Å². The van der Waals surface area contributed by atoms with E-state index >= 15 is 0 Å². The van der Waals surface area contributed by atoms with Crippen LogP contribution >= 0.6 is 22.9 Å². The number of hydrogen-bond acceptors (Lipinski definition) is 3. The number of benzene rings is 1. The second-order valence-corrected chi connectivity index (χ2v) is 6.76. The van der Waals surface area contributed by atoms with Gasteiger partial charge in [0.2, 0.25) is 0 Å². The summed E-state index contributed by atoms with van der Waals surface area (Å²) in [5, 5.41) is 7.57. The molecule has 22 heavy (non-hydrogen) atoms. The van der Waals surface area contributed by atoms with Gasteiger partial charge in [0.05, 0.1) is 17.2 Å². The zero-order chi connectivity index (χ0) is 15.7. The van der Waals surface area contributed by atoms with Crippen LogP contribution in [-0.2, 0) is 6.54 Å². The Morgan fingerprint density at radius 1 is 1.41 bits per heavy atom. The minimum atomic E-state index is -0.147. The standard InChI is InChI=1S/C16H16ClN3OS/c1-9(2)16-19-12(8-22-16)7-18-15(21)14-5-10-3-4-11(17)6-13(10)20-14/h3-6,8-9,20H,7H2,1-2H3,(H,18,21). The number of carbonyl (C=O) groups is 1. The molecule has 1 amide bonds. The molecule has 114 valence electrons. The highest BCUT2D eigenvalue weighted by Crippen LogP contribution is 2.21. The van der Waals surface area contributed by atoms with Gasteiger partial charge >= 0.3 is 0 Å². The van der Waals surface area contributed by atoms with Crippen LogP contribution in [0.3, 0.4) is 0 Å². The molecule has 0 radical (unpaired) electrons. The maximum Gasteiger partial charge on any atom is 0.268 e. The van der Waals surface area contributed by atoms with Crippen molar-refractivity contribution in [3.63, 3.8) is 0 Å². The molecular formula is C16H16ClN3OS. The second-order valence-electron chi connectivity index (χ2n) is 5.43. The monoisotopic (exact) mass is 333 g/mol. The Morgan fingerprint density at radius 2 is 2.23 bits per heavy atom. The normalized spacial score (nSPS) is 11.3. The number of thiazole rings is 1. The molecule has 0 spiro atoms. The predicted octanol–water partition coefficient (Wildman–Crippen LogP) is 4.33. The largest absolute Gasteiger partial charge is 0.350 e. The van der Waals surface area contributed by atoms with Crippen LogP contribution in [0.5, 0.6) is 0 Å². The lowest BCUT2D eigenvalue weighted by Gasteiger charge is -2.01. The quantitative estimate of drug-likeness (QED) is 0.746. The van der Waals surface area contributed by atoms with Crippen molar-refractivity contribution in [2.75, 3.05) is 0 Å². The van der Waals surface area contributed by atoms with Gasteiger partial charge in [0.15, 0.2) is 0 Å². The molecule has 0 aliphatic rings. The lowest BCUT2D eigenvalue weighted by Crippen LogP contribution is -2.23. The Morgan fingerprint density at radius 3 is 2.95 bits per heavy atom. The lowest BCUT2D eigenvalue weighted by atomic mass is 10.2. The Balaban J connectivity index is 1.70. The molecule has 2 aromatic heterocycles. The average molecular weight is 334 g/mol. The summed E-state index contributed by atoms with van der Waals surface area (Å²) in [4.78, 5) is 19.8. The number of hydrogen-bond donors (Lipinski definition) is 2. The number of aromatic nitrogens is 2. The first-order valence-corrected chi connectivity index (χ1v) is 8.29. The summed E-state index contributed by atoms with van der Waals surface area (Å²) in [5.41, 5.74) is 2.27. The number of rotatable bonds is 4. The summed E-state index contributed by atoms with van der Waals surface area (Å²) in [7, 11) is 0. The predicted molar refractivity (Wildman–Crippen MR) is 90.7 cm³/mol. The molecule has 3 rings (SSSR count). The number of carbonyl (C=O) groups excluding carboxylic acids is 1. The molecule has 3 aromatic rings. The van der Waals surface area contributed by atoms with Gasteiger partial charge in [-0.1, -0.05) is 31.5 Å². The van der Waals surface area contributed by atoms with Crippen molar-refractivity contribution < 1.29 is 4.79 Å². The van der Waals surface area contributed by atoms with E-state index < -0.39 is 0 Å². The fourth-order valence-corrected chi connectivity index (χ4v) is 3.16. The minimum absolute atomic E-state index is 0.147. The zero-order valence-electron chi connectivity index (χ0n) is 12.3. The first-order chi connectivity index (χ1) is 10.5. The van der Waals surface area contributed by atoms with Crippen LogP contribution in [0.15, 0.2) is 29.6 Å². The molecule has 0 aliphatic carbocycles. The highest BCUT2D eigenvalue weighted by atomic mass is 35.5. The van der Waals surface area contributed by atoms with E-state index in [0.29, 0.717) is 23.2 Å². The molecule has 0 atom stereocenters. The first-order valence-electron chi connectivity index (χ1n) is 7.03. The van der Waals surface area contributed by atoms with Crippen molar-refractivity contribution in [3.8, 4) is 0 Å². The van der Waals surface area contributed by atoms with Crippen molar-refractivity contribution in [1.29, 1.82) is 0 Å². The van der Waals surface area contributed by atoms with Crippen molar-refractivity contribution >= 4 is 39.7 Å². The highest BCUT2D eigenvalue weighted by Gasteiger charge is 2.11. The van der Waals surface area contributed by atoms with Gasteiger partial charge in [-0.15, -0.1) is 11.3 Å². The molecule has 0 bridgehead atoms. The molecule has 2 heterocycles. The molecule has 0 aliphatic heterocycles. The summed E-state index contributed by atoms with van der Waals surface area (Å²) in [5.74, 6) is 0.263. The van der Waals surface area contributed by atoms with Crippen LogP contribution < -0.4 is 5.32 Å². The summed E-state index contributed by atoms with van der Waals surface area (Å²) < 4.78 is 0. The number of aromatic amines is 1. The Kier molecular flexibility index (Phi) is 4.18. The van der Waals surface area contributed by atoms with Gasteiger partial charge in [-0.05, 0) is 18.2 Å². The lowest BCUT2D eigenvalue weighted by molar-refractivity contribution is 0.0946.